The third-order valence-corrected chi connectivity index (χ3v) is 2.79. The highest BCUT2D eigenvalue weighted by atomic mass is 16.5. The molecule has 0 atom stereocenters. The fourth-order valence-corrected chi connectivity index (χ4v) is 1.72. The van der Waals surface area contributed by atoms with Gasteiger partial charge in [-0.05, 0) is 18.2 Å². The second kappa shape index (κ2) is 6.85. The summed E-state index contributed by atoms with van der Waals surface area (Å²) in [4.78, 5) is 2.06. The molecule has 0 aliphatic rings. The maximum Gasteiger partial charge on any atom is 0.121 e. The zero-order chi connectivity index (χ0) is 13.5. The fraction of sp³-hybridized carbons (Fsp3) is 0.333. The molecule has 0 bridgehead atoms. The van der Waals surface area contributed by atoms with Crippen molar-refractivity contribution in [3.63, 3.8) is 0 Å². The average Bonchev–Trinajstić information content (AvgIpc) is 2.92. The highest BCUT2D eigenvalue weighted by Crippen LogP contribution is 2.18. The van der Waals surface area contributed by atoms with E-state index in [0.717, 1.165) is 30.1 Å². The standard InChI is InChI=1S/C15H20N2O2/c1-17(2)14-4-3-5-15(10-14)19-9-7-16-11-13-6-8-18-12-13/h3-6,8,10,12,16H,7,9,11H2,1-2H3. The fourth-order valence-electron chi connectivity index (χ4n) is 1.72. The molecule has 0 radical (unpaired) electrons. The SMILES string of the molecule is CN(C)c1cccc(OCCNCc2ccoc2)c1. The average molecular weight is 260 g/mol. The highest BCUT2D eigenvalue weighted by molar-refractivity contribution is 5.49. The molecule has 2 aromatic rings. The number of ether oxygens (including phenoxy) is 1. The lowest BCUT2D eigenvalue weighted by atomic mass is 10.3. The van der Waals surface area contributed by atoms with Crippen LogP contribution in [0.15, 0.2) is 47.3 Å². The van der Waals surface area contributed by atoms with Gasteiger partial charge in [-0.15, -0.1) is 0 Å². The van der Waals surface area contributed by atoms with E-state index in [4.69, 9.17) is 9.15 Å². The Morgan fingerprint density at radius 3 is 2.89 bits per heavy atom. The van der Waals surface area contributed by atoms with Crippen LogP contribution in [0.25, 0.3) is 0 Å². The van der Waals surface area contributed by atoms with E-state index in [-0.39, 0.29) is 0 Å². The third kappa shape index (κ3) is 4.34. The summed E-state index contributed by atoms with van der Waals surface area (Å²) < 4.78 is 10.7. The number of anilines is 1. The van der Waals surface area contributed by atoms with Gasteiger partial charge in [-0.25, -0.2) is 0 Å². The van der Waals surface area contributed by atoms with Crippen molar-refractivity contribution >= 4 is 5.69 Å². The van der Waals surface area contributed by atoms with E-state index in [0.29, 0.717) is 6.61 Å². The van der Waals surface area contributed by atoms with E-state index in [9.17, 15) is 0 Å². The molecular weight excluding hydrogens is 240 g/mol. The Labute approximate surface area is 114 Å². The van der Waals surface area contributed by atoms with Gasteiger partial charge in [0.25, 0.3) is 0 Å². The van der Waals surface area contributed by atoms with Gasteiger partial charge in [-0.1, -0.05) is 6.07 Å². The summed E-state index contributed by atoms with van der Waals surface area (Å²) in [6.07, 6.45) is 3.43. The second-order valence-electron chi connectivity index (χ2n) is 4.55. The summed E-state index contributed by atoms with van der Waals surface area (Å²) in [5.74, 6) is 0.899. The molecule has 2 rings (SSSR count). The molecule has 0 saturated heterocycles. The molecule has 0 spiro atoms. The molecule has 4 nitrogen and oxygen atoms in total. The lowest BCUT2D eigenvalue weighted by Gasteiger charge is -2.14. The number of nitrogens with one attached hydrogen (secondary N) is 1. The second-order valence-corrected chi connectivity index (χ2v) is 4.55. The van der Waals surface area contributed by atoms with Gasteiger partial charge in [0.15, 0.2) is 0 Å². The number of hydrogen-bond donors (Lipinski definition) is 1. The van der Waals surface area contributed by atoms with Crippen molar-refractivity contribution in [2.24, 2.45) is 0 Å². The predicted octanol–water partition coefficient (Wildman–Crippen LogP) is 2.51. The molecule has 1 aromatic heterocycles. The van der Waals surface area contributed by atoms with Gasteiger partial charge in [-0.2, -0.15) is 0 Å². The first-order valence-electron chi connectivity index (χ1n) is 6.37. The summed E-state index contributed by atoms with van der Waals surface area (Å²) in [5.41, 5.74) is 2.29. The normalized spacial score (nSPS) is 10.4. The van der Waals surface area contributed by atoms with Crippen LogP contribution in [0.3, 0.4) is 0 Å². The zero-order valence-electron chi connectivity index (χ0n) is 11.4. The van der Waals surface area contributed by atoms with Crippen LogP contribution in [0.4, 0.5) is 5.69 Å². The molecule has 0 aliphatic carbocycles. The molecule has 1 N–H and O–H groups in total. The van der Waals surface area contributed by atoms with Crippen LogP contribution >= 0.6 is 0 Å². The van der Waals surface area contributed by atoms with Gasteiger partial charge in [0, 0.05) is 44.5 Å². The van der Waals surface area contributed by atoms with Crippen LogP contribution in [0.1, 0.15) is 5.56 Å². The first-order valence-corrected chi connectivity index (χ1v) is 6.37. The van der Waals surface area contributed by atoms with Gasteiger partial charge in [0.2, 0.25) is 0 Å². The van der Waals surface area contributed by atoms with Gasteiger partial charge < -0.3 is 19.4 Å². The minimum Gasteiger partial charge on any atom is -0.492 e. The summed E-state index contributed by atoms with van der Waals surface area (Å²) in [7, 11) is 4.04. The molecule has 0 aliphatic heterocycles. The Kier molecular flexibility index (Phi) is 4.86. The van der Waals surface area contributed by atoms with E-state index in [2.05, 4.69) is 16.3 Å². The van der Waals surface area contributed by atoms with Crippen molar-refractivity contribution in [2.75, 3.05) is 32.1 Å². The van der Waals surface area contributed by atoms with Crippen LogP contribution < -0.4 is 15.0 Å². The molecule has 1 heterocycles. The molecule has 1 aromatic carbocycles. The number of benzene rings is 1. The molecule has 19 heavy (non-hydrogen) atoms. The number of rotatable bonds is 7. The van der Waals surface area contributed by atoms with Crippen LogP contribution in [0.5, 0.6) is 5.75 Å². The summed E-state index contributed by atoms with van der Waals surface area (Å²) in [5, 5.41) is 3.30. The zero-order valence-corrected chi connectivity index (χ0v) is 11.4. The third-order valence-electron chi connectivity index (χ3n) is 2.79. The van der Waals surface area contributed by atoms with Gasteiger partial charge in [0.05, 0.1) is 12.5 Å². The first kappa shape index (κ1) is 13.5. The summed E-state index contributed by atoms with van der Waals surface area (Å²) in [6.45, 7) is 2.25. The van der Waals surface area contributed by atoms with Crippen molar-refractivity contribution in [3.05, 3.63) is 48.4 Å². The van der Waals surface area contributed by atoms with Crippen LogP contribution in [-0.4, -0.2) is 27.2 Å². The van der Waals surface area contributed by atoms with Gasteiger partial charge in [0.1, 0.15) is 12.4 Å². The first-order chi connectivity index (χ1) is 9.25. The van der Waals surface area contributed by atoms with Crippen molar-refractivity contribution < 1.29 is 9.15 Å². The molecule has 102 valence electrons. The Hall–Kier alpha value is -1.94. The van der Waals surface area contributed by atoms with E-state index < -0.39 is 0 Å². The lowest BCUT2D eigenvalue weighted by Crippen LogP contribution is -2.20. The minimum atomic E-state index is 0.648. The van der Waals surface area contributed by atoms with Gasteiger partial charge >= 0.3 is 0 Å². The smallest absolute Gasteiger partial charge is 0.121 e. The van der Waals surface area contributed by atoms with Crippen molar-refractivity contribution in [3.8, 4) is 5.75 Å². The van der Waals surface area contributed by atoms with Crippen molar-refractivity contribution in [2.45, 2.75) is 6.54 Å². The molecule has 0 saturated carbocycles. The largest absolute Gasteiger partial charge is 0.492 e. The maximum absolute atomic E-state index is 5.70. The highest BCUT2D eigenvalue weighted by Gasteiger charge is 1.98. The summed E-state index contributed by atoms with van der Waals surface area (Å²) >= 11 is 0. The topological polar surface area (TPSA) is 37.6 Å². The van der Waals surface area contributed by atoms with Crippen molar-refractivity contribution in [1.29, 1.82) is 0 Å². The maximum atomic E-state index is 5.70. The number of hydrogen-bond acceptors (Lipinski definition) is 4. The van der Waals surface area contributed by atoms with E-state index in [1.165, 1.54) is 0 Å². The number of nitrogens with zero attached hydrogens (tertiary/aromatic N) is 1. The Morgan fingerprint density at radius 1 is 1.26 bits per heavy atom. The molecule has 0 unspecified atom stereocenters. The van der Waals surface area contributed by atoms with Crippen LogP contribution in [0.2, 0.25) is 0 Å². The Bertz CT molecular complexity index is 481. The molecule has 4 heteroatoms. The Morgan fingerprint density at radius 2 is 2.16 bits per heavy atom. The van der Waals surface area contributed by atoms with Crippen LogP contribution in [-0.2, 0) is 6.54 Å². The summed E-state index contributed by atoms with van der Waals surface area (Å²) in [6, 6.07) is 10.0. The van der Waals surface area contributed by atoms with Crippen LogP contribution in [0, 0.1) is 0 Å². The van der Waals surface area contributed by atoms with E-state index in [1.807, 2.05) is 38.4 Å². The van der Waals surface area contributed by atoms with Gasteiger partial charge in [-0.3, -0.25) is 0 Å². The predicted molar refractivity (Wildman–Crippen MR) is 76.7 cm³/mol. The lowest BCUT2D eigenvalue weighted by molar-refractivity contribution is 0.313. The minimum absolute atomic E-state index is 0.648. The monoisotopic (exact) mass is 260 g/mol. The molecule has 0 fully saturated rings. The van der Waals surface area contributed by atoms with E-state index >= 15 is 0 Å². The van der Waals surface area contributed by atoms with Crippen molar-refractivity contribution in [1.82, 2.24) is 5.32 Å². The number of furan rings is 1. The van der Waals surface area contributed by atoms with E-state index in [1.54, 1.807) is 12.5 Å². The Balaban J connectivity index is 1.69. The molecular formula is C15H20N2O2. The molecule has 0 amide bonds. The quantitative estimate of drug-likeness (QED) is 0.776.